The summed E-state index contributed by atoms with van der Waals surface area (Å²) in [6.07, 6.45) is 0. The van der Waals surface area contributed by atoms with E-state index in [2.05, 4.69) is 41.8 Å². The molecule has 1 heterocycles. The molecule has 1 aromatic carbocycles. The van der Waals surface area contributed by atoms with E-state index in [-0.39, 0.29) is 0 Å². The summed E-state index contributed by atoms with van der Waals surface area (Å²) in [6, 6.07) is 10.7. The highest BCUT2D eigenvalue weighted by atomic mass is 16.5. The van der Waals surface area contributed by atoms with Crippen LogP contribution in [0.25, 0.3) is 10.9 Å². The maximum Gasteiger partial charge on any atom is 0.0642 e. The van der Waals surface area contributed by atoms with E-state index < -0.39 is 0 Å². The fourth-order valence-corrected chi connectivity index (χ4v) is 1.83. The predicted molar refractivity (Wildman–Crippen MR) is 69.9 cm³/mol. The summed E-state index contributed by atoms with van der Waals surface area (Å²) in [6.45, 7) is 7.82. The lowest BCUT2D eigenvalue weighted by molar-refractivity contribution is 0.188. The van der Waals surface area contributed by atoms with Crippen molar-refractivity contribution in [2.75, 3.05) is 13.7 Å². The molecule has 0 amide bonds. The molecular weight excluding hydrogens is 198 g/mol. The molecule has 0 aliphatic carbocycles. The second-order valence-corrected chi connectivity index (χ2v) is 3.49. The van der Waals surface area contributed by atoms with Crippen LogP contribution < -0.4 is 0 Å². The Balaban J connectivity index is 0.000000606. The number of nitrogens with zero attached hydrogens (tertiary/aromatic N) is 1. The third-order valence-electron chi connectivity index (χ3n) is 2.54. The molecule has 0 saturated heterocycles. The topological polar surface area (TPSA) is 14.2 Å². The summed E-state index contributed by atoms with van der Waals surface area (Å²) in [5, 5.41) is 1.31. The summed E-state index contributed by atoms with van der Waals surface area (Å²) < 4.78 is 7.39. The summed E-state index contributed by atoms with van der Waals surface area (Å²) in [7, 11) is 1.74. The number of fused-ring (bicyclic) bond motifs is 1. The molecular formula is C14H21NO. The van der Waals surface area contributed by atoms with Crippen LogP contribution in [-0.2, 0) is 11.3 Å². The number of ether oxygens (including phenoxy) is 1. The maximum atomic E-state index is 5.10. The first-order valence-electron chi connectivity index (χ1n) is 5.87. The molecule has 0 bridgehead atoms. The Kier molecular flexibility index (Phi) is 5.06. The van der Waals surface area contributed by atoms with Crippen molar-refractivity contribution in [1.82, 2.24) is 4.57 Å². The Morgan fingerprint density at radius 1 is 1.19 bits per heavy atom. The molecule has 2 heteroatoms. The summed E-state index contributed by atoms with van der Waals surface area (Å²) in [4.78, 5) is 0. The largest absolute Gasteiger partial charge is 0.383 e. The average molecular weight is 219 g/mol. The minimum Gasteiger partial charge on any atom is -0.383 e. The van der Waals surface area contributed by atoms with Gasteiger partial charge in [-0.1, -0.05) is 32.0 Å². The van der Waals surface area contributed by atoms with Gasteiger partial charge in [0.1, 0.15) is 0 Å². The van der Waals surface area contributed by atoms with Crippen LogP contribution in [0.5, 0.6) is 0 Å². The summed E-state index contributed by atoms with van der Waals surface area (Å²) >= 11 is 0. The van der Waals surface area contributed by atoms with Gasteiger partial charge in [0.2, 0.25) is 0 Å². The lowest BCUT2D eigenvalue weighted by Gasteiger charge is -2.06. The lowest BCUT2D eigenvalue weighted by atomic mass is 10.2. The minimum atomic E-state index is 0.763. The number of methoxy groups -OCH3 is 1. The first-order chi connectivity index (χ1) is 7.83. The molecule has 2 aromatic rings. The van der Waals surface area contributed by atoms with E-state index in [1.54, 1.807) is 7.11 Å². The molecule has 0 fully saturated rings. The zero-order chi connectivity index (χ0) is 12.0. The van der Waals surface area contributed by atoms with Gasteiger partial charge in [0, 0.05) is 24.9 Å². The molecule has 0 aliphatic heterocycles. The maximum absolute atomic E-state index is 5.10. The Bertz CT molecular complexity index is 431. The monoisotopic (exact) mass is 219 g/mol. The zero-order valence-electron chi connectivity index (χ0n) is 10.7. The third kappa shape index (κ3) is 2.64. The van der Waals surface area contributed by atoms with Gasteiger partial charge in [0.25, 0.3) is 0 Å². The van der Waals surface area contributed by atoms with Crippen molar-refractivity contribution in [2.45, 2.75) is 27.3 Å². The highest BCUT2D eigenvalue weighted by molar-refractivity contribution is 5.81. The van der Waals surface area contributed by atoms with Crippen LogP contribution in [-0.4, -0.2) is 18.3 Å². The summed E-state index contributed by atoms with van der Waals surface area (Å²) in [5.74, 6) is 0. The van der Waals surface area contributed by atoms with E-state index in [1.165, 1.54) is 16.6 Å². The average Bonchev–Trinajstić information content (AvgIpc) is 2.65. The van der Waals surface area contributed by atoms with Crippen LogP contribution in [0.1, 0.15) is 19.5 Å². The van der Waals surface area contributed by atoms with Crippen LogP contribution in [0.3, 0.4) is 0 Å². The second kappa shape index (κ2) is 6.33. The van der Waals surface area contributed by atoms with Crippen LogP contribution in [0.2, 0.25) is 0 Å². The molecule has 0 spiro atoms. The fourth-order valence-electron chi connectivity index (χ4n) is 1.83. The van der Waals surface area contributed by atoms with Crippen molar-refractivity contribution in [3.05, 3.63) is 36.0 Å². The van der Waals surface area contributed by atoms with E-state index in [0.29, 0.717) is 0 Å². The molecule has 0 aliphatic rings. The van der Waals surface area contributed by atoms with Crippen molar-refractivity contribution < 1.29 is 4.74 Å². The molecule has 0 atom stereocenters. The SMILES string of the molecule is CC.COCCn1c(C)cc2ccccc21. The van der Waals surface area contributed by atoms with Gasteiger partial charge in [-0.2, -0.15) is 0 Å². The smallest absolute Gasteiger partial charge is 0.0642 e. The number of aryl methyl sites for hydroxylation is 1. The third-order valence-corrected chi connectivity index (χ3v) is 2.54. The van der Waals surface area contributed by atoms with Gasteiger partial charge >= 0.3 is 0 Å². The standard InChI is InChI=1S/C12H15NO.C2H6/c1-10-9-11-5-3-4-6-12(11)13(10)7-8-14-2;1-2/h3-6,9H,7-8H2,1-2H3;1-2H3. The van der Waals surface area contributed by atoms with Crippen LogP contribution >= 0.6 is 0 Å². The van der Waals surface area contributed by atoms with Gasteiger partial charge < -0.3 is 9.30 Å². The molecule has 0 N–H and O–H groups in total. The fraction of sp³-hybridized carbons (Fsp3) is 0.429. The van der Waals surface area contributed by atoms with Crippen LogP contribution in [0.15, 0.2) is 30.3 Å². The Morgan fingerprint density at radius 2 is 1.88 bits per heavy atom. The lowest BCUT2D eigenvalue weighted by Crippen LogP contribution is -2.05. The summed E-state index contributed by atoms with van der Waals surface area (Å²) in [5.41, 5.74) is 2.59. The predicted octanol–water partition coefficient (Wildman–Crippen LogP) is 3.62. The van der Waals surface area contributed by atoms with Crippen molar-refractivity contribution in [2.24, 2.45) is 0 Å². The molecule has 16 heavy (non-hydrogen) atoms. The highest BCUT2D eigenvalue weighted by Crippen LogP contribution is 2.18. The van der Waals surface area contributed by atoms with E-state index in [1.807, 2.05) is 13.8 Å². The number of hydrogen-bond donors (Lipinski definition) is 0. The number of hydrogen-bond acceptors (Lipinski definition) is 1. The Labute approximate surface area is 97.8 Å². The van der Waals surface area contributed by atoms with Crippen molar-refractivity contribution in [1.29, 1.82) is 0 Å². The molecule has 2 nitrogen and oxygen atoms in total. The van der Waals surface area contributed by atoms with Crippen LogP contribution in [0, 0.1) is 6.92 Å². The van der Waals surface area contributed by atoms with E-state index in [4.69, 9.17) is 4.74 Å². The van der Waals surface area contributed by atoms with Crippen LogP contribution in [0.4, 0.5) is 0 Å². The van der Waals surface area contributed by atoms with E-state index in [0.717, 1.165) is 13.2 Å². The van der Waals surface area contributed by atoms with Gasteiger partial charge in [-0.25, -0.2) is 0 Å². The van der Waals surface area contributed by atoms with Gasteiger partial charge in [-0.15, -0.1) is 0 Å². The Hall–Kier alpha value is -1.28. The zero-order valence-corrected chi connectivity index (χ0v) is 10.7. The number of aromatic nitrogens is 1. The first-order valence-corrected chi connectivity index (χ1v) is 5.87. The van der Waals surface area contributed by atoms with Gasteiger partial charge in [-0.05, 0) is 24.4 Å². The number of benzene rings is 1. The molecule has 2 rings (SSSR count). The number of rotatable bonds is 3. The molecule has 88 valence electrons. The Morgan fingerprint density at radius 3 is 2.56 bits per heavy atom. The van der Waals surface area contributed by atoms with Gasteiger partial charge in [0.05, 0.1) is 6.61 Å². The van der Waals surface area contributed by atoms with Crippen molar-refractivity contribution in [3.8, 4) is 0 Å². The normalized spacial score (nSPS) is 10.0. The molecule has 0 unspecified atom stereocenters. The first kappa shape index (κ1) is 12.8. The highest BCUT2D eigenvalue weighted by Gasteiger charge is 2.03. The van der Waals surface area contributed by atoms with Crippen molar-refractivity contribution >= 4 is 10.9 Å². The van der Waals surface area contributed by atoms with Gasteiger partial charge in [0.15, 0.2) is 0 Å². The number of para-hydroxylation sites is 1. The molecule has 0 saturated carbocycles. The molecule has 1 aromatic heterocycles. The second-order valence-electron chi connectivity index (χ2n) is 3.49. The minimum absolute atomic E-state index is 0.763. The van der Waals surface area contributed by atoms with E-state index >= 15 is 0 Å². The van der Waals surface area contributed by atoms with E-state index in [9.17, 15) is 0 Å². The van der Waals surface area contributed by atoms with Gasteiger partial charge in [-0.3, -0.25) is 0 Å². The quantitative estimate of drug-likeness (QED) is 0.769. The van der Waals surface area contributed by atoms with Crippen molar-refractivity contribution in [3.63, 3.8) is 0 Å². The molecule has 0 radical (unpaired) electrons.